The molecule has 0 aromatic carbocycles. The van der Waals surface area contributed by atoms with E-state index in [1.807, 2.05) is 0 Å². The average molecular weight is 286 g/mol. The molecule has 1 fully saturated rings. The molecule has 2 rings (SSSR count). The van der Waals surface area contributed by atoms with Crippen LogP contribution in [0.15, 0.2) is 18.3 Å². The molecule has 0 amide bonds. The number of rotatable bonds is 3. The molecule has 1 aromatic heterocycles. The van der Waals surface area contributed by atoms with E-state index in [1.165, 1.54) is 18.3 Å². The predicted octanol–water partition coefficient (Wildman–Crippen LogP) is -1.50. The summed E-state index contributed by atoms with van der Waals surface area (Å²) in [6.07, 6.45) is -5.85. The van der Waals surface area contributed by atoms with Gasteiger partial charge in [0.1, 0.15) is 36.7 Å². The van der Waals surface area contributed by atoms with Gasteiger partial charge in [-0.2, -0.15) is 0 Å². The highest BCUT2D eigenvalue weighted by Gasteiger charge is 2.45. The van der Waals surface area contributed by atoms with Crippen LogP contribution in [0.2, 0.25) is 0 Å². The van der Waals surface area contributed by atoms with Gasteiger partial charge in [0.05, 0.1) is 12.2 Å². The molecule has 0 spiro atoms. The van der Waals surface area contributed by atoms with Crippen molar-refractivity contribution < 1.29 is 30.1 Å². The maximum absolute atomic E-state index is 10.9. The molecule has 20 heavy (non-hydrogen) atoms. The summed E-state index contributed by atoms with van der Waals surface area (Å²) in [5, 5.41) is 49.2. The van der Waals surface area contributed by atoms with Gasteiger partial charge < -0.3 is 35.3 Å². The van der Waals surface area contributed by atoms with Gasteiger partial charge >= 0.3 is 5.82 Å². The van der Waals surface area contributed by atoms with Gasteiger partial charge in [0, 0.05) is 0 Å². The zero-order chi connectivity index (χ0) is 14.9. The van der Waals surface area contributed by atoms with Crippen molar-refractivity contribution in [3.63, 3.8) is 0 Å². The Morgan fingerprint density at radius 2 is 2.00 bits per heavy atom. The van der Waals surface area contributed by atoms with Crippen LogP contribution in [0.3, 0.4) is 0 Å². The van der Waals surface area contributed by atoms with Gasteiger partial charge in [-0.3, -0.25) is 0 Å². The quantitative estimate of drug-likeness (QED) is 0.388. The summed E-state index contributed by atoms with van der Waals surface area (Å²) in [4.78, 5) is 13.8. The van der Waals surface area contributed by atoms with Crippen molar-refractivity contribution >= 4 is 5.82 Å². The van der Waals surface area contributed by atoms with Crippen LogP contribution in [0.5, 0.6) is 0 Å². The first kappa shape index (κ1) is 14.8. The summed E-state index contributed by atoms with van der Waals surface area (Å²) in [6, 6.07) is 2.75. The Morgan fingerprint density at radius 1 is 1.30 bits per heavy atom. The molecule has 1 saturated heterocycles. The highest BCUT2D eigenvalue weighted by Crippen LogP contribution is 2.35. The minimum Gasteiger partial charge on any atom is -0.394 e. The monoisotopic (exact) mass is 286 g/mol. The third kappa shape index (κ3) is 2.49. The Balaban J connectivity index is 2.39. The topological polar surface area (TPSA) is 146 Å². The molecule has 0 unspecified atom stereocenters. The molecular formula is C11H14N2O7. The fourth-order valence-corrected chi connectivity index (χ4v) is 2.14. The maximum Gasteiger partial charge on any atom is 0.369 e. The number of pyridine rings is 1. The van der Waals surface area contributed by atoms with Crippen molar-refractivity contribution in [3.8, 4) is 0 Å². The number of nitrogens with zero attached hydrogens (tertiary/aromatic N) is 2. The van der Waals surface area contributed by atoms with Crippen LogP contribution >= 0.6 is 0 Å². The second-order valence-electron chi connectivity index (χ2n) is 4.42. The predicted molar refractivity (Wildman–Crippen MR) is 63.6 cm³/mol. The lowest BCUT2D eigenvalue weighted by atomic mass is 9.91. The van der Waals surface area contributed by atoms with E-state index in [4.69, 9.17) is 9.84 Å². The molecule has 9 heteroatoms. The van der Waals surface area contributed by atoms with Crippen molar-refractivity contribution in [3.05, 3.63) is 34.0 Å². The minimum atomic E-state index is -1.59. The number of ether oxygens (including phenoxy) is 1. The summed E-state index contributed by atoms with van der Waals surface area (Å²) in [5.74, 6) is -0.517. The van der Waals surface area contributed by atoms with Crippen LogP contribution in [0.1, 0.15) is 11.7 Å². The molecule has 0 aliphatic carbocycles. The van der Waals surface area contributed by atoms with Crippen molar-refractivity contribution in [1.82, 2.24) is 4.98 Å². The molecule has 2 heterocycles. The van der Waals surface area contributed by atoms with Crippen LogP contribution < -0.4 is 0 Å². The average Bonchev–Trinajstić information content (AvgIpc) is 2.45. The lowest BCUT2D eigenvalue weighted by Crippen LogP contribution is -2.55. The van der Waals surface area contributed by atoms with E-state index in [0.717, 1.165) is 0 Å². The summed E-state index contributed by atoms with van der Waals surface area (Å²) in [5.41, 5.74) is -0.0330. The van der Waals surface area contributed by atoms with Crippen LogP contribution in [0.25, 0.3) is 0 Å². The zero-order valence-electron chi connectivity index (χ0n) is 10.2. The van der Waals surface area contributed by atoms with Crippen LogP contribution in [-0.2, 0) is 4.74 Å². The highest BCUT2D eigenvalue weighted by molar-refractivity contribution is 5.35. The van der Waals surface area contributed by atoms with E-state index in [9.17, 15) is 25.4 Å². The van der Waals surface area contributed by atoms with Gasteiger partial charge in [0.25, 0.3) is 0 Å². The summed E-state index contributed by atoms with van der Waals surface area (Å²) >= 11 is 0. The minimum absolute atomic E-state index is 0.0330. The molecule has 110 valence electrons. The lowest BCUT2D eigenvalue weighted by Gasteiger charge is -2.39. The highest BCUT2D eigenvalue weighted by atomic mass is 16.6. The number of aliphatic hydroxyl groups is 4. The van der Waals surface area contributed by atoms with Crippen LogP contribution in [-0.4, -0.2) is 61.4 Å². The molecule has 1 aliphatic heterocycles. The molecule has 4 N–H and O–H groups in total. The van der Waals surface area contributed by atoms with Gasteiger partial charge in [-0.05, 0) is 22.0 Å². The maximum atomic E-state index is 10.9. The summed E-state index contributed by atoms with van der Waals surface area (Å²) in [7, 11) is 0. The van der Waals surface area contributed by atoms with E-state index >= 15 is 0 Å². The van der Waals surface area contributed by atoms with Gasteiger partial charge in [0.2, 0.25) is 0 Å². The fraction of sp³-hybridized carbons (Fsp3) is 0.545. The molecule has 9 nitrogen and oxygen atoms in total. The first-order chi connectivity index (χ1) is 9.47. The Labute approximate surface area is 113 Å². The number of hydrogen-bond acceptors (Lipinski definition) is 8. The Hall–Kier alpha value is -1.65. The first-order valence-corrected chi connectivity index (χ1v) is 5.87. The molecule has 0 radical (unpaired) electrons. The third-order valence-corrected chi connectivity index (χ3v) is 3.19. The lowest BCUT2D eigenvalue weighted by molar-refractivity contribution is -0.391. The molecule has 0 bridgehead atoms. The van der Waals surface area contributed by atoms with Crippen LogP contribution in [0, 0.1) is 10.1 Å². The number of hydrogen-bond donors (Lipinski definition) is 4. The molecule has 0 saturated carbocycles. The van der Waals surface area contributed by atoms with Crippen molar-refractivity contribution in [2.24, 2.45) is 0 Å². The number of nitro groups is 1. The zero-order valence-corrected chi connectivity index (χ0v) is 10.2. The van der Waals surface area contributed by atoms with E-state index in [2.05, 4.69) is 4.98 Å². The standard InChI is InChI=1S/C11H14N2O7/c14-4-6-7(15)8(16)9(17)10(20-6)5-2-1-3-12-11(5)13(18)19/h1-3,6-10,14-17H,4H2/t6-,7+,8+,9-,10+/m1/s1. The van der Waals surface area contributed by atoms with E-state index in [0.29, 0.717) is 0 Å². The van der Waals surface area contributed by atoms with Crippen molar-refractivity contribution in [1.29, 1.82) is 0 Å². The van der Waals surface area contributed by atoms with Gasteiger partial charge in [0.15, 0.2) is 0 Å². The van der Waals surface area contributed by atoms with Gasteiger partial charge in [-0.25, -0.2) is 0 Å². The fourth-order valence-electron chi connectivity index (χ4n) is 2.14. The van der Waals surface area contributed by atoms with Crippen molar-refractivity contribution in [2.45, 2.75) is 30.5 Å². The normalized spacial score (nSPS) is 33.9. The number of aliphatic hydroxyl groups excluding tert-OH is 4. The molecule has 1 aliphatic rings. The largest absolute Gasteiger partial charge is 0.394 e. The first-order valence-electron chi connectivity index (χ1n) is 5.87. The van der Waals surface area contributed by atoms with Gasteiger partial charge in [-0.15, -0.1) is 0 Å². The van der Waals surface area contributed by atoms with Crippen molar-refractivity contribution in [2.75, 3.05) is 6.61 Å². The van der Waals surface area contributed by atoms with E-state index in [1.54, 1.807) is 0 Å². The Bertz CT molecular complexity index is 495. The Kier molecular flexibility index (Phi) is 4.26. The molecular weight excluding hydrogens is 272 g/mol. The smallest absolute Gasteiger partial charge is 0.369 e. The molecule has 1 aromatic rings. The van der Waals surface area contributed by atoms with Gasteiger partial charge in [-0.1, -0.05) is 0 Å². The van der Waals surface area contributed by atoms with Crippen LogP contribution in [0.4, 0.5) is 5.82 Å². The second kappa shape index (κ2) is 5.77. The van der Waals surface area contributed by atoms with E-state index < -0.39 is 47.9 Å². The third-order valence-electron chi connectivity index (χ3n) is 3.19. The second-order valence-corrected chi connectivity index (χ2v) is 4.42. The SMILES string of the molecule is O=[N+]([O-])c1ncccc1[C@@H]1O[C@H](CO)[C@H](O)[C@H](O)[C@H]1O. The Morgan fingerprint density at radius 3 is 2.60 bits per heavy atom. The van der Waals surface area contributed by atoms with E-state index in [-0.39, 0.29) is 5.56 Å². The summed E-state index contributed by atoms with van der Waals surface area (Å²) < 4.78 is 5.25. The molecule has 5 atom stereocenters. The number of aromatic nitrogens is 1. The summed E-state index contributed by atoms with van der Waals surface area (Å²) in [6.45, 7) is -0.602.